The first-order valence-electron chi connectivity index (χ1n) is 3.86. The summed E-state index contributed by atoms with van der Waals surface area (Å²) in [5, 5.41) is 6.69. The van der Waals surface area contributed by atoms with Gasteiger partial charge in [-0.25, -0.2) is 4.98 Å². The molecule has 0 aliphatic rings. The zero-order valence-corrected chi connectivity index (χ0v) is 6.94. The predicted octanol–water partition coefficient (Wildman–Crippen LogP) is 1.51. The molecule has 0 spiro atoms. The van der Waals surface area contributed by atoms with Crippen LogP contribution < -0.4 is 0 Å². The first kappa shape index (κ1) is 7.67. The van der Waals surface area contributed by atoms with Crippen molar-refractivity contribution in [2.45, 2.75) is 0 Å². The smallest absolute Gasteiger partial charge is 0.174 e. The van der Waals surface area contributed by atoms with Crippen LogP contribution in [0, 0.1) is 0 Å². The van der Waals surface area contributed by atoms with Crippen molar-refractivity contribution in [3.8, 4) is 11.5 Å². The third kappa shape index (κ3) is 1.46. The van der Waals surface area contributed by atoms with Crippen molar-refractivity contribution in [1.82, 2.24) is 20.2 Å². The molecule has 0 unspecified atom stereocenters. The molecule has 0 saturated carbocycles. The molecule has 0 bridgehead atoms. The molecule has 0 fully saturated rings. The van der Waals surface area contributed by atoms with Gasteiger partial charge in [0.05, 0.1) is 0 Å². The van der Waals surface area contributed by atoms with Crippen LogP contribution in [0.5, 0.6) is 0 Å². The molecule has 2 heterocycles. The quantitative estimate of drug-likeness (QED) is 0.747. The second-order valence-electron chi connectivity index (χ2n) is 2.46. The van der Waals surface area contributed by atoms with E-state index in [4.69, 9.17) is 0 Å². The van der Waals surface area contributed by atoms with Crippen LogP contribution in [-0.2, 0) is 0 Å². The zero-order chi connectivity index (χ0) is 9.10. The van der Waals surface area contributed by atoms with Gasteiger partial charge in [-0.05, 0) is 18.2 Å². The normalized spacial score (nSPS) is 9.85. The maximum absolute atomic E-state index is 4.15. The van der Waals surface area contributed by atoms with Gasteiger partial charge < -0.3 is 0 Å². The van der Waals surface area contributed by atoms with E-state index < -0.39 is 0 Å². The topological polar surface area (TPSA) is 54.5 Å². The minimum absolute atomic E-state index is 0.584. The first-order valence-corrected chi connectivity index (χ1v) is 3.86. The van der Waals surface area contributed by atoms with Gasteiger partial charge in [-0.15, -0.1) is 0 Å². The number of aromatic nitrogens is 4. The van der Waals surface area contributed by atoms with Crippen LogP contribution in [-0.4, -0.2) is 20.2 Å². The maximum Gasteiger partial charge on any atom is 0.174 e. The third-order valence-electron chi connectivity index (χ3n) is 1.59. The molecule has 4 nitrogen and oxygen atoms in total. The molecule has 2 aromatic heterocycles. The average molecular weight is 172 g/mol. The second-order valence-corrected chi connectivity index (χ2v) is 2.46. The van der Waals surface area contributed by atoms with E-state index in [-0.39, 0.29) is 0 Å². The zero-order valence-electron chi connectivity index (χ0n) is 6.94. The van der Waals surface area contributed by atoms with Gasteiger partial charge in [0.2, 0.25) is 0 Å². The minimum Gasteiger partial charge on any atom is -0.257 e. The van der Waals surface area contributed by atoms with E-state index in [0.717, 1.165) is 5.69 Å². The first-order chi connectivity index (χ1) is 6.40. The molecule has 64 valence electrons. The number of H-pyrrole nitrogens is 1. The lowest BCUT2D eigenvalue weighted by molar-refractivity contribution is 1.08. The van der Waals surface area contributed by atoms with Crippen molar-refractivity contribution in [1.29, 1.82) is 0 Å². The Morgan fingerprint density at radius 3 is 2.92 bits per heavy atom. The SMILES string of the molecule is C=Cc1n[nH]c(-c2ccccn2)n1. The third-order valence-corrected chi connectivity index (χ3v) is 1.59. The lowest BCUT2D eigenvalue weighted by Gasteiger charge is -1.90. The van der Waals surface area contributed by atoms with Crippen molar-refractivity contribution in [2.75, 3.05) is 0 Å². The Balaban J connectivity index is 2.41. The van der Waals surface area contributed by atoms with Gasteiger partial charge in [-0.1, -0.05) is 12.6 Å². The van der Waals surface area contributed by atoms with Gasteiger partial charge in [0.15, 0.2) is 11.6 Å². The van der Waals surface area contributed by atoms with Crippen molar-refractivity contribution in [3.63, 3.8) is 0 Å². The van der Waals surface area contributed by atoms with Crippen LogP contribution in [0.1, 0.15) is 5.82 Å². The molecule has 0 aromatic carbocycles. The highest BCUT2D eigenvalue weighted by Crippen LogP contribution is 2.09. The van der Waals surface area contributed by atoms with Gasteiger partial charge in [-0.3, -0.25) is 10.1 Å². The summed E-state index contributed by atoms with van der Waals surface area (Å²) in [6.07, 6.45) is 3.30. The number of hydrogen-bond donors (Lipinski definition) is 1. The van der Waals surface area contributed by atoms with E-state index in [0.29, 0.717) is 11.6 Å². The highest BCUT2D eigenvalue weighted by molar-refractivity contribution is 5.50. The summed E-state index contributed by atoms with van der Waals surface area (Å²) in [7, 11) is 0. The highest BCUT2D eigenvalue weighted by atomic mass is 15.2. The number of rotatable bonds is 2. The molecule has 0 radical (unpaired) electrons. The molecule has 0 saturated heterocycles. The largest absolute Gasteiger partial charge is 0.257 e. The summed E-state index contributed by atoms with van der Waals surface area (Å²) in [5.41, 5.74) is 0.781. The molecule has 0 aliphatic heterocycles. The van der Waals surface area contributed by atoms with E-state index in [2.05, 4.69) is 26.7 Å². The number of aromatic amines is 1. The number of pyridine rings is 1. The molecular weight excluding hydrogens is 164 g/mol. The van der Waals surface area contributed by atoms with Crippen LogP contribution >= 0.6 is 0 Å². The summed E-state index contributed by atoms with van der Waals surface area (Å²) < 4.78 is 0. The van der Waals surface area contributed by atoms with E-state index in [1.165, 1.54) is 0 Å². The van der Waals surface area contributed by atoms with Gasteiger partial charge in [0.1, 0.15) is 5.69 Å². The lowest BCUT2D eigenvalue weighted by atomic mass is 10.3. The summed E-state index contributed by atoms with van der Waals surface area (Å²) >= 11 is 0. The average Bonchev–Trinajstić information content (AvgIpc) is 2.67. The van der Waals surface area contributed by atoms with E-state index in [1.807, 2.05) is 18.2 Å². The second kappa shape index (κ2) is 3.18. The Bertz CT molecular complexity index is 405. The molecule has 13 heavy (non-hydrogen) atoms. The Labute approximate surface area is 75.4 Å². The molecule has 0 amide bonds. The number of hydrogen-bond acceptors (Lipinski definition) is 3. The summed E-state index contributed by atoms with van der Waals surface area (Å²) in [6, 6.07) is 5.63. The summed E-state index contributed by atoms with van der Waals surface area (Å²) in [6.45, 7) is 3.57. The molecule has 2 aromatic rings. The molecule has 1 N–H and O–H groups in total. The Hall–Kier alpha value is -1.97. The fraction of sp³-hybridized carbons (Fsp3) is 0. The van der Waals surface area contributed by atoms with Crippen molar-refractivity contribution in [3.05, 3.63) is 36.8 Å². The molecule has 0 aliphatic carbocycles. The van der Waals surface area contributed by atoms with Gasteiger partial charge in [0, 0.05) is 6.20 Å². The monoisotopic (exact) mass is 172 g/mol. The Morgan fingerprint density at radius 2 is 2.31 bits per heavy atom. The van der Waals surface area contributed by atoms with Crippen molar-refractivity contribution in [2.24, 2.45) is 0 Å². The van der Waals surface area contributed by atoms with Crippen LogP contribution in [0.3, 0.4) is 0 Å². The standard InChI is InChI=1S/C9H8N4/c1-2-8-11-9(13-12-8)7-5-3-4-6-10-7/h2-6H,1H2,(H,11,12,13). The lowest BCUT2D eigenvalue weighted by Crippen LogP contribution is -1.83. The number of nitrogens with zero attached hydrogens (tertiary/aromatic N) is 3. The fourth-order valence-corrected chi connectivity index (χ4v) is 0.983. The van der Waals surface area contributed by atoms with Crippen LogP contribution in [0.4, 0.5) is 0 Å². The van der Waals surface area contributed by atoms with Crippen LogP contribution in [0.25, 0.3) is 17.6 Å². The molecule has 2 rings (SSSR count). The van der Waals surface area contributed by atoms with E-state index in [9.17, 15) is 0 Å². The maximum atomic E-state index is 4.15. The van der Waals surface area contributed by atoms with E-state index in [1.54, 1.807) is 12.3 Å². The van der Waals surface area contributed by atoms with Gasteiger partial charge in [-0.2, -0.15) is 5.10 Å². The highest BCUT2D eigenvalue weighted by Gasteiger charge is 2.02. The Kier molecular flexibility index (Phi) is 1.88. The predicted molar refractivity (Wildman–Crippen MR) is 49.7 cm³/mol. The van der Waals surface area contributed by atoms with Crippen molar-refractivity contribution >= 4 is 6.08 Å². The summed E-state index contributed by atoms with van der Waals surface area (Å²) in [5.74, 6) is 1.25. The fourth-order valence-electron chi connectivity index (χ4n) is 0.983. The number of nitrogens with one attached hydrogen (secondary N) is 1. The molecular formula is C9H8N4. The van der Waals surface area contributed by atoms with Gasteiger partial charge in [0.25, 0.3) is 0 Å². The van der Waals surface area contributed by atoms with Crippen LogP contribution in [0.2, 0.25) is 0 Å². The summed E-state index contributed by atoms with van der Waals surface area (Å²) in [4.78, 5) is 8.28. The molecule has 0 atom stereocenters. The Morgan fingerprint density at radius 1 is 1.38 bits per heavy atom. The van der Waals surface area contributed by atoms with Crippen molar-refractivity contribution < 1.29 is 0 Å². The molecule has 4 heteroatoms. The van der Waals surface area contributed by atoms with Crippen LogP contribution in [0.15, 0.2) is 31.0 Å². The van der Waals surface area contributed by atoms with Gasteiger partial charge >= 0.3 is 0 Å². The van der Waals surface area contributed by atoms with E-state index >= 15 is 0 Å². The minimum atomic E-state index is 0.584.